The van der Waals surface area contributed by atoms with Gasteiger partial charge in [-0.3, -0.25) is 0 Å². The molecule has 0 N–H and O–H groups in total. The second-order valence-corrected chi connectivity index (χ2v) is 31.2. The predicted octanol–water partition coefficient (Wildman–Crippen LogP) is 20.1. The fourth-order valence-corrected chi connectivity index (χ4v) is 21.3. The molecule has 4 aliphatic carbocycles. The molecule has 370 valence electrons. The largest absolute Gasteiger partial charge is 0.314 e. The van der Waals surface area contributed by atoms with Crippen LogP contribution in [0, 0.1) is 11.8 Å². The van der Waals surface area contributed by atoms with Crippen LogP contribution in [0.2, 0.25) is 18.6 Å². The van der Waals surface area contributed by atoms with Crippen LogP contribution >= 0.6 is 0 Å². The summed E-state index contributed by atoms with van der Waals surface area (Å²) in [4.78, 5) is 0. The topological polar surface area (TPSA) is 3.24 Å². The van der Waals surface area contributed by atoms with Crippen LogP contribution in [0.5, 0.6) is 0 Å². The lowest BCUT2D eigenvalue weighted by molar-refractivity contribution is 0.122. The summed E-state index contributed by atoms with van der Waals surface area (Å²) in [5, 5.41) is 0. The van der Waals surface area contributed by atoms with E-state index in [0.29, 0.717) is 23.3 Å². The van der Waals surface area contributed by atoms with Crippen LogP contribution in [0.15, 0.2) is 60.2 Å². The lowest BCUT2D eigenvalue weighted by Gasteiger charge is -2.57. The fourth-order valence-electron chi connectivity index (χ4n) is 15.4. The van der Waals surface area contributed by atoms with Gasteiger partial charge in [-0.2, -0.15) is 0 Å². The van der Waals surface area contributed by atoms with Crippen molar-refractivity contribution < 1.29 is 0 Å². The van der Waals surface area contributed by atoms with Crippen molar-refractivity contribution in [2.45, 2.75) is 295 Å². The molecule has 2 aromatic carbocycles. The number of unbranched alkanes of at least 4 members (excludes halogenated alkanes) is 18. The summed E-state index contributed by atoms with van der Waals surface area (Å²) >= 11 is 0. The zero-order valence-corrected chi connectivity index (χ0v) is 47.1. The summed E-state index contributed by atoms with van der Waals surface area (Å²) in [7, 11) is -2.02. The van der Waals surface area contributed by atoms with Crippen LogP contribution in [0.3, 0.4) is 0 Å². The highest BCUT2D eigenvalue weighted by Crippen LogP contribution is 2.66. The Hall–Kier alpha value is -1.90. The molecule has 0 radical (unpaired) electrons. The fraction of sp³-hybridized carbons (Fsp3) is 0.750. The Balaban J connectivity index is 1.44. The molecule has 1 fully saturated rings. The van der Waals surface area contributed by atoms with Gasteiger partial charge >= 0.3 is 0 Å². The first-order chi connectivity index (χ1) is 31.2. The molecule has 6 rings (SSSR count). The summed E-state index contributed by atoms with van der Waals surface area (Å²) in [5.74, 6) is 1.66. The Morgan fingerprint density at radius 2 is 0.985 bits per heavy atom. The third kappa shape index (κ3) is 12.0. The molecule has 0 heterocycles. The molecule has 0 aliphatic heterocycles. The summed E-state index contributed by atoms with van der Waals surface area (Å²) in [6.07, 6.45) is 40.6. The minimum Gasteiger partial charge on any atom is -0.314 e. The molecule has 2 aromatic rings. The van der Waals surface area contributed by atoms with E-state index >= 15 is 0 Å². The van der Waals surface area contributed by atoms with Crippen molar-refractivity contribution in [2.75, 3.05) is 0 Å². The highest BCUT2D eigenvalue weighted by atomic mass is 28.3. The van der Waals surface area contributed by atoms with Gasteiger partial charge in [0.25, 0.3) is 0 Å². The van der Waals surface area contributed by atoms with E-state index in [1.807, 2.05) is 0 Å². The number of nitrogens with zero attached hydrogens (tertiary/aromatic N) is 1. The van der Waals surface area contributed by atoms with Crippen molar-refractivity contribution in [3.63, 3.8) is 0 Å². The second kappa shape index (κ2) is 22.5. The Morgan fingerprint density at radius 3 is 1.44 bits per heavy atom. The van der Waals surface area contributed by atoms with Gasteiger partial charge in [-0.05, 0) is 147 Å². The maximum atomic E-state index is 3.05. The molecule has 0 bridgehead atoms. The molecule has 0 spiro atoms. The molecule has 0 saturated heterocycles. The van der Waals surface area contributed by atoms with Crippen LogP contribution in [-0.4, -0.2) is 23.9 Å². The third-order valence-corrected chi connectivity index (χ3v) is 23.1. The standard InChI is InChI=1S/C64H105NSi/c1-15-17-19-21-23-25-27-29-31-36-40-64(41-37-32-30-28-26-24-22-20-18-16-2)55-45-51-50(49-38-34-33-35-39-49)47-59(66(13,14)65(60(3,4)5)61(6,7)8)54(51)44-52(55)53-46-57-58(48-56(53)64)63(11,12)43-42-62(57,9)10/h33-35,38-39,44-46,48,50-51,54,59H,15-32,36-37,40-43,47H2,1-14H3. The van der Waals surface area contributed by atoms with Gasteiger partial charge in [-0.25, -0.2) is 0 Å². The van der Waals surface area contributed by atoms with E-state index < -0.39 is 8.24 Å². The summed E-state index contributed by atoms with van der Waals surface area (Å²) in [6.45, 7) is 35.5. The van der Waals surface area contributed by atoms with Gasteiger partial charge in [-0.1, -0.05) is 238 Å². The number of hydrogen-bond donors (Lipinski definition) is 0. The molecule has 1 nitrogen and oxygen atoms in total. The van der Waals surface area contributed by atoms with Crippen molar-refractivity contribution in [1.29, 1.82) is 0 Å². The number of benzene rings is 2. The van der Waals surface area contributed by atoms with Crippen molar-refractivity contribution in [1.82, 2.24) is 4.57 Å². The van der Waals surface area contributed by atoms with Crippen molar-refractivity contribution in [2.24, 2.45) is 11.8 Å². The van der Waals surface area contributed by atoms with Crippen LogP contribution in [0.25, 0.3) is 5.57 Å². The third-order valence-electron chi connectivity index (χ3n) is 18.2. The lowest BCUT2D eigenvalue weighted by Crippen LogP contribution is -2.67. The highest BCUT2D eigenvalue weighted by molar-refractivity contribution is 6.76. The minimum atomic E-state index is -2.02. The van der Waals surface area contributed by atoms with Crippen molar-refractivity contribution in [3.05, 3.63) is 88.0 Å². The zero-order valence-electron chi connectivity index (χ0n) is 46.1. The number of fused-ring (bicyclic) bond motifs is 5. The molecule has 1 saturated carbocycles. The minimum absolute atomic E-state index is 0.105. The molecule has 4 unspecified atom stereocenters. The second-order valence-electron chi connectivity index (χ2n) is 26.7. The molecule has 4 aliphatic rings. The van der Waals surface area contributed by atoms with Gasteiger partial charge in [0.1, 0.15) is 8.24 Å². The summed E-state index contributed by atoms with van der Waals surface area (Å²) in [5.41, 5.74) is 13.1. The first-order valence-electron chi connectivity index (χ1n) is 28.7. The van der Waals surface area contributed by atoms with Crippen LogP contribution in [0.4, 0.5) is 0 Å². The maximum absolute atomic E-state index is 3.05. The number of rotatable bonds is 25. The maximum Gasteiger partial charge on any atom is 0.127 e. The molecule has 4 atom stereocenters. The van der Waals surface area contributed by atoms with Gasteiger partial charge in [-0.15, -0.1) is 0 Å². The van der Waals surface area contributed by atoms with Crippen LogP contribution in [-0.2, 0) is 16.2 Å². The smallest absolute Gasteiger partial charge is 0.127 e. The predicted molar refractivity (Wildman–Crippen MR) is 296 cm³/mol. The molecular formula is C64H105NSi. The van der Waals surface area contributed by atoms with Crippen molar-refractivity contribution >= 4 is 13.8 Å². The van der Waals surface area contributed by atoms with Gasteiger partial charge in [0.15, 0.2) is 0 Å². The normalized spacial score (nSPS) is 23.0. The quantitative estimate of drug-likeness (QED) is 0.0709. The Kier molecular flexibility index (Phi) is 18.2. The first kappa shape index (κ1) is 53.4. The van der Waals surface area contributed by atoms with Crippen LogP contribution < -0.4 is 0 Å². The Bertz CT molecular complexity index is 1850. The van der Waals surface area contributed by atoms with Crippen LogP contribution in [0.1, 0.15) is 277 Å². The van der Waals surface area contributed by atoms with E-state index in [9.17, 15) is 0 Å². The SMILES string of the molecule is CCCCCCCCCCCCC1(CCCCCCCCCCCC)C2=CC3C(c4ccccc4)CC([Si](C)(C)N(C(C)(C)C)C(C)(C)C)C3C=C2c2cc3c(cc21)C(C)(C)CCC3(C)C. The lowest BCUT2D eigenvalue weighted by atomic mass is 9.61. The first-order valence-corrected chi connectivity index (χ1v) is 31.7. The average Bonchev–Trinajstić information content (AvgIpc) is 3.75. The van der Waals surface area contributed by atoms with E-state index in [1.54, 1.807) is 39.0 Å². The van der Waals surface area contributed by atoms with E-state index in [-0.39, 0.29) is 27.3 Å². The highest BCUT2D eigenvalue weighted by Gasteiger charge is 2.58. The number of hydrogen-bond acceptors (Lipinski definition) is 1. The summed E-state index contributed by atoms with van der Waals surface area (Å²) in [6, 6.07) is 17.6. The van der Waals surface area contributed by atoms with E-state index in [4.69, 9.17) is 0 Å². The van der Waals surface area contributed by atoms with E-state index in [2.05, 4.69) is 155 Å². The van der Waals surface area contributed by atoms with Crippen molar-refractivity contribution in [3.8, 4) is 0 Å². The van der Waals surface area contributed by atoms with E-state index in [0.717, 1.165) is 0 Å². The molecule has 0 amide bonds. The number of allylic oxidation sites excluding steroid dienone is 4. The van der Waals surface area contributed by atoms with E-state index in [1.165, 1.54) is 161 Å². The van der Waals surface area contributed by atoms with Gasteiger partial charge < -0.3 is 4.57 Å². The molecular weight excluding hydrogens is 811 g/mol. The Morgan fingerprint density at radius 1 is 0.545 bits per heavy atom. The van der Waals surface area contributed by atoms with Gasteiger partial charge in [0.05, 0.1) is 0 Å². The average molecular weight is 917 g/mol. The molecule has 2 heteroatoms. The molecule has 66 heavy (non-hydrogen) atoms. The van der Waals surface area contributed by atoms with Gasteiger partial charge in [0, 0.05) is 16.5 Å². The zero-order chi connectivity index (χ0) is 48.0. The molecule has 0 aromatic heterocycles. The van der Waals surface area contributed by atoms with Gasteiger partial charge in [0.2, 0.25) is 0 Å². The summed E-state index contributed by atoms with van der Waals surface area (Å²) < 4.78 is 3.05. The monoisotopic (exact) mass is 916 g/mol. The Labute approximate surface area is 411 Å².